The molecule has 0 spiro atoms. The van der Waals surface area contributed by atoms with Crippen LogP contribution >= 0.6 is 11.8 Å². The fourth-order valence-corrected chi connectivity index (χ4v) is 3.24. The Balaban J connectivity index is 1.60. The van der Waals surface area contributed by atoms with Crippen molar-refractivity contribution in [3.05, 3.63) is 53.6 Å². The molecule has 0 bridgehead atoms. The third-order valence-electron chi connectivity index (χ3n) is 4.19. The molecular formula is C19H20N6O3S. The van der Waals surface area contributed by atoms with E-state index in [1.54, 1.807) is 25.3 Å². The maximum atomic E-state index is 12.2. The van der Waals surface area contributed by atoms with Gasteiger partial charge in [-0.15, -0.1) is 5.10 Å². The number of rotatable bonds is 6. The molecule has 0 aliphatic rings. The Kier molecular flexibility index (Phi) is 6.45. The zero-order valence-corrected chi connectivity index (χ0v) is 17.0. The minimum atomic E-state index is -0.589. The van der Waals surface area contributed by atoms with Crippen LogP contribution in [0.5, 0.6) is 5.75 Å². The van der Waals surface area contributed by atoms with E-state index in [0.717, 1.165) is 22.9 Å². The first kappa shape index (κ1) is 20.3. The summed E-state index contributed by atoms with van der Waals surface area (Å²) in [5.74, 6) is 0.0989. The maximum absolute atomic E-state index is 12.2. The van der Waals surface area contributed by atoms with Crippen LogP contribution in [0.4, 0.5) is 10.5 Å². The molecule has 29 heavy (non-hydrogen) atoms. The van der Waals surface area contributed by atoms with E-state index >= 15 is 0 Å². The van der Waals surface area contributed by atoms with E-state index in [1.807, 2.05) is 38.1 Å². The van der Waals surface area contributed by atoms with E-state index in [1.165, 1.54) is 4.68 Å². The van der Waals surface area contributed by atoms with Gasteiger partial charge in [-0.2, -0.15) is 4.68 Å². The van der Waals surface area contributed by atoms with Crippen LogP contribution in [0.3, 0.4) is 0 Å². The van der Waals surface area contributed by atoms with Crippen LogP contribution < -0.4 is 15.4 Å². The summed E-state index contributed by atoms with van der Waals surface area (Å²) < 4.78 is 6.80. The van der Waals surface area contributed by atoms with Crippen molar-refractivity contribution in [3.8, 4) is 11.4 Å². The van der Waals surface area contributed by atoms with E-state index in [0.29, 0.717) is 22.3 Å². The molecular weight excluding hydrogens is 392 g/mol. The summed E-state index contributed by atoms with van der Waals surface area (Å²) in [6.45, 7) is 3.85. The second kappa shape index (κ2) is 9.20. The third-order valence-corrected chi connectivity index (χ3v) is 5.11. The van der Waals surface area contributed by atoms with Gasteiger partial charge in [-0.05, 0) is 53.6 Å². The van der Waals surface area contributed by atoms with Gasteiger partial charge in [-0.25, -0.2) is 4.79 Å². The molecule has 2 N–H and O–H groups in total. The number of ether oxygens (including phenoxy) is 1. The van der Waals surface area contributed by atoms with Gasteiger partial charge < -0.3 is 10.1 Å². The summed E-state index contributed by atoms with van der Waals surface area (Å²) in [4.78, 5) is 24.3. The number of aryl methyl sites for hydroxylation is 1. The smallest absolute Gasteiger partial charge is 0.325 e. The molecule has 0 fully saturated rings. The Morgan fingerprint density at radius 2 is 1.93 bits per heavy atom. The highest BCUT2D eigenvalue weighted by Crippen LogP contribution is 2.25. The number of aromatic nitrogens is 4. The first-order chi connectivity index (χ1) is 14.0. The lowest BCUT2D eigenvalue weighted by Gasteiger charge is -2.11. The standard InChI is InChI=1S/C19H20N6O3S/c1-12-7-6-8-14(13(12)2)20-18(27)21-17(26)11-29-19-22-23-24-25(19)15-9-4-5-10-16(15)28-3/h4-10H,11H2,1-3H3,(H2,20,21,26,27). The van der Waals surface area contributed by atoms with Crippen molar-refractivity contribution in [2.24, 2.45) is 0 Å². The van der Waals surface area contributed by atoms with E-state index in [9.17, 15) is 9.59 Å². The maximum Gasteiger partial charge on any atom is 0.325 e. The lowest BCUT2D eigenvalue weighted by atomic mass is 10.1. The molecule has 10 heteroatoms. The summed E-state index contributed by atoms with van der Waals surface area (Å²) in [5, 5.41) is 16.9. The molecule has 2 aromatic carbocycles. The van der Waals surface area contributed by atoms with Crippen molar-refractivity contribution >= 4 is 29.4 Å². The average molecular weight is 412 g/mol. The number of benzene rings is 2. The number of hydrogen-bond donors (Lipinski definition) is 2. The number of imide groups is 1. The molecule has 150 valence electrons. The number of carbonyl (C=O) groups is 2. The van der Waals surface area contributed by atoms with Gasteiger partial charge in [0.2, 0.25) is 11.1 Å². The molecule has 0 radical (unpaired) electrons. The Bertz CT molecular complexity index is 1040. The zero-order chi connectivity index (χ0) is 20.8. The van der Waals surface area contributed by atoms with E-state index in [4.69, 9.17) is 4.74 Å². The molecule has 9 nitrogen and oxygen atoms in total. The lowest BCUT2D eigenvalue weighted by Crippen LogP contribution is -2.35. The van der Waals surface area contributed by atoms with Crippen molar-refractivity contribution < 1.29 is 14.3 Å². The molecule has 0 aliphatic heterocycles. The zero-order valence-electron chi connectivity index (χ0n) is 16.2. The predicted molar refractivity (Wildman–Crippen MR) is 110 cm³/mol. The number of nitrogens with one attached hydrogen (secondary N) is 2. The first-order valence-corrected chi connectivity index (χ1v) is 9.69. The lowest BCUT2D eigenvalue weighted by molar-refractivity contribution is -0.117. The normalized spacial score (nSPS) is 10.4. The summed E-state index contributed by atoms with van der Waals surface area (Å²) in [5.41, 5.74) is 3.30. The minimum Gasteiger partial charge on any atom is -0.494 e. The monoisotopic (exact) mass is 412 g/mol. The molecule has 1 aromatic heterocycles. The Morgan fingerprint density at radius 1 is 1.14 bits per heavy atom. The number of methoxy groups -OCH3 is 1. The Morgan fingerprint density at radius 3 is 2.72 bits per heavy atom. The number of hydrogen-bond acceptors (Lipinski definition) is 7. The number of thioether (sulfide) groups is 1. The van der Waals surface area contributed by atoms with Gasteiger partial charge in [0.05, 0.1) is 12.9 Å². The van der Waals surface area contributed by atoms with Crippen molar-refractivity contribution in [3.63, 3.8) is 0 Å². The molecule has 3 rings (SSSR count). The second-order valence-electron chi connectivity index (χ2n) is 6.08. The number of carbonyl (C=O) groups excluding carboxylic acids is 2. The van der Waals surface area contributed by atoms with Crippen LogP contribution in [0.2, 0.25) is 0 Å². The number of urea groups is 1. The minimum absolute atomic E-state index is 0.0320. The Labute approximate surface area is 171 Å². The fraction of sp³-hybridized carbons (Fsp3) is 0.211. The highest BCUT2D eigenvalue weighted by atomic mass is 32.2. The predicted octanol–water partition coefficient (Wildman–Crippen LogP) is 2.73. The number of para-hydroxylation sites is 2. The molecule has 0 saturated carbocycles. The van der Waals surface area contributed by atoms with Gasteiger partial charge >= 0.3 is 6.03 Å². The van der Waals surface area contributed by atoms with Gasteiger partial charge in [0, 0.05) is 5.69 Å². The van der Waals surface area contributed by atoms with E-state index in [2.05, 4.69) is 26.2 Å². The first-order valence-electron chi connectivity index (χ1n) is 8.71. The topological polar surface area (TPSA) is 111 Å². The van der Waals surface area contributed by atoms with Gasteiger partial charge in [-0.1, -0.05) is 36.0 Å². The van der Waals surface area contributed by atoms with Crippen LogP contribution in [0.15, 0.2) is 47.6 Å². The molecule has 0 atom stereocenters. The quantitative estimate of drug-likeness (QED) is 0.599. The average Bonchev–Trinajstić information content (AvgIpc) is 3.18. The van der Waals surface area contributed by atoms with Crippen LogP contribution in [0, 0.1) is 13.8 Å². The highest BCUT2D eigenvalue weighted by molar-refractivity contribution is 7.99. The third kappa shape index (κ3) is 4.91. The number of nitrogens with zero attached hydrogens (tertiary/aromatic N) is 4. The SMILES string of the molecule is COc1ccccc1-n1nnnc1SCC(=O)NC(=O)Nc1cccc(C)c1C. The summed E-state index contributed by atoms with van der Waals surface area (Å²) in [7, 11) is 1.55. The van der Waals surface area contributed by atoms with Gasteiger partial charge in [0.25, 0.3) is 0 Å². The van der Waals surface area contributed by atoms with Crippen molar-refractivity contribution in [1.29, 1.82) is 0 Å². The van der Waals surface area contributed by atoms with Crippen molar-refractivity contribution in [2.45, 2.75) is 19.0 Å². The fourth-order valence-electron chi connectivity index (χ4n) is 2.56. The van der Waals surface area contributed by atoms with Crippen LogP contribution in [-0.2, 0) is 4.79 Å². The molecule has 3 aromatic rings. The molecule has 3 amide bonds. The van der Waals surface area contributed by atoms with Crippen molar-refractivity contribution in [1.82, 2.24) is 25.5 Å². The molecule has 1 heterocycles. The van der Waals surface area contributed by atoms with E-state index in [-0.39, 0.29) is 5.75 Å². The highest BCUT2D eigenvalue weighted by Gasteiger charge is 2.16. The van der Waals surface area contributed by atoms with E-state index < -0.39 is 11.9 Å². The van der Waals surface area contributed by atoms with Gasteiger partial charge in [0.15, 0.2) is 0 Å². The van der Waals surface area contributed by atoms with Crippen LogP contribution in [0.25, 0.3) is 5.69 Å². The summed E-state index contributed by atoms with van der Waals surface area (Å²) >= 11 is 1.11. The summed E-state index contributed by atoms with van der Waals surface area (Å²) in [6.07, 6.45) is 0. The largest absolute Gasteiger partial charge is 0.494 e. The van der Waals surface area contributed by atoms with Gasteiger partial charge in [-0.3, -0.25) is 10.1 Å². The van der Waals surface area contributed by atoms with Gasteiger partial charge in [0.1, 0.15) is 11.4 Å². The molecule has 0 saturated heterocycles. The van der Waals surface area contributed by atoms with Crippen LogP contribution in [-0.4, -0.2) is 45.0 Å². The van der Waals surface area contributed by atoms with Crippen molar-refractivity contribution in [2.75, 3.05) is 18.2 Å². The summed E-state index contributed by atoms with van der Waals surface area (Å²) in [6, 6.07) is 12.2. The number of tetrazole rings is 1. The van der Waals surface area contributed by atoms with Crippen LogP contribution in [0.1, 0.15) is 11.1 Å². The number of anilines is 1. The second-order valence-corrected chi connectivity index (χ2v) is 7.03. The number of amides is 3. The molecule has 0 unspecified atom stereocenters. The molecule has 0 aliphatic carbocycles. The Hall–Kier alpha value is -3.40.